The summed E-state index contributed by atoms with van der Waals surface area (Å²) in [6, 6.07) is 36.3. The van der Waals surface area contributed by atoms with Crippen molar-refractivity contribution in [2.45, 2.75) is 0 Å². The summed E-state index contributed by atoms with van der Waals surface area (Å²) in [7, 11) is 0.0292. The quantitative estimate of drug-likeness (QED) is 0.229. The summed E-state index contributed by atoms with van der Waals surface area (Å²) in [5, 5.41) is 10.6. The standard InChI is InChI=1S/C30H16BN3/c1-5-17-6-2-10-23-26(17)22(9-1)32-24-11-3-7-18-13-15-20-21-16-14-19-8-4-12-25-28(19)30(21)34(29(20)27(18)24)31(32)33(23)25/h1-16H. The summed E-state index contributed by atoms with van der Waals surface area (Å²) >= 11 is 0. The number of benzene rings is 6. The zero-order chi connectivity index (χ0) is 21.7. The summed E-state index contributed by atoms with van der Waals surface area (Å²) < 4.78 is 2.63. The van der Waals surface area contributed by atoms with E-state index in [1.807, 2.05) is 0 Å². The van der Waals surface area contributed by atoms with Crippen molar-refractivity contribution in [2.75, 3.05) is 9.62 Å². The summed E-state index contributed by atoms with van der Waals surface area (Å²) in [6.07, 6.45) is 0. The van der Waals surface area contributed by atoms with Gasteiger partial charge in [0.1, 0.15) is 0 Å². The van der Waals surface area contributed by atoms with Crippen LogP contribution in [0.25, 0.3) is 54.1 Å². The van der Waals surface area contributed by atoms with E-state index in [1.165, 1.54) is 76.9 Å². The first-order valence-corrected chi connectivity index (χ1v) is 11.9. The van der Waals surface area contributed by atoms with E-state index in [1.54, 1.807) is 0 Å². The van der Waals surface area contributed by atoms with Crippen LogP contribution in [0.5, 0.6) is 0 Å². The Labute approximate surface area is 195 Å². The number of fused-ring (bicyclic) bond motifs is 5. The maximum atomic E-state index is 2.63. The van der Waals surface area contributed by atoms with Crippen molar-refractivity contribution in [3.63, 3.8) is 0 Å². The lowest BCUT2D eigenvalue weighted by Gasteiger charge is -2.48. The summed E-state index contributed by atoms with van der Waals surface area (Å²) in [6.45, 7) is 0. The molecule has 0 radical (unpaired) electrons. The molecule has 0 saturated carbocycles. The first kappa shape index (κ1) is 16.2. The van der Waals surface area contributed by atoms with Crippen LogP contribution in [-0.2, 0) is 0 Å². The number of aromatic nitrogens is 1. The fourth-order valence-corrected chi connectivity index (χ4v) is 7.17. The van der Waals surface area contributed by atoms with Gasteiger partial charge in [0.05, 0.1) is 0 Å². The van der Waals surface area contributed by atoms with E-state index < -0.39 is 0 Å². The normalized spacial score (nSPS) is 14.9. The van der Waals surface area contributed by atoms with Crippen LogP contribution in [0, 0.1) is 0 Å². The Kier molecular flexibility index (Phi) is 2.41. The summed E-state index contributed by atoms with van der Waals surface area (Å²) in [5.74, 6) is 0. The molecule has 3 aliphatic heterocycles. The third-order valence-corrected chi connectivity index (χ3v) is 8.36. The lowest BCUT2D eigenvalue weighted by Crippen LogP contribution is -2.58. The summed E-state index contributed by atoms with van der Waals surface area (Å²) in [4.78, 5) is 5.16. The summed E-state index contributed by atoms with van der Waals surface area (Å²) in [5.41, 5.74) is 7.90. The molecule has 4 heterocycles. The van der Waals surface area contributed by atoms with E-state index in [-0.39, 0.29) is 7.12 Å². The van der Waals surface area contributed by atoms with Crippen LogP contribution in [-0.4, -0.2) is 11.6 Å². The highest BCUT2D eigenvalue weighted by Gasteiger charge is 2.49. The minimum absolute atomic E-state index is 0.0292. The predicted octanol–water partition coefficient (Wildman–Crippen LogP) is 7.70. The molecule has 0 atom stereocenters. The van der Waals surface area contributed by atoms with Crippen LogP contribution in [0.3, 0.4) is 0 Å². The number of hydrogen-bond acceptors (Lipinski definition) is 2. The van der Waals surface area contributed by atoms with E-state index in [4.69, 9.17) is 0 Å². The third-order valence-electron chi connectivity index (χ3n) is 8.36. The highest BCUT2D eigenvalue weighted by Crippen LogP contribution is 2.56. The molecule has 0 spiro atoms. The average Bonchev–Trinajstić information content (AvgIpc) is 3.24. The monoisotopic (exact) mass is 429 g/mol. The van der Waals surface area contributed by atoms with Crippen LogP contribution in [0.2, 0.25) is 0 Å². The molecular formula is C30H16BN3. The molecule has 3 nitrogen and oxygen atoms in total. The van der Waals surface area contributed by atoms with E-state index >= 15 is 0 Å². The molecule has 7 aromatic rings. The van der Waals surface area contributed by atoms with E-state index in [0.29, 0.717) is 0 Å². The first-order valence-electron chi connectivity index (χ1n) is 11.9. The largest absolute Gasteiger partial charge is 0.519 e. The second-order valence-electron chi connectivity index (χ2n) is 9.78. The van der Waals surface area contributed by atoms with Crippen LogP contribution in [0.4, 0.5) is 22.7 Å². The highest BCUT2D eigenvalue weighted by molar-refractivity contribution is 6.76. The van der Waals surface area contributed by atoms with Gasteiger partial charge in [0.15, 0.2) is 0 Å². The number of anilines is 4. The number of hydrogen-bond donors (Lipinski definition) is 0. The zero-order valence-corrected chi connectivity index (χ0v) is 18.2. The Bertz CT molecular complexity index is 1960. The first-order chi connectivity index (χ1) is 16.9. The number of rotatable bonds is 0. The molecule has 1 aromatic heterocycles. The van der Waals surface area contributed by atoms with Crippen LogP contribution >= 0.6 is 0 Å². The molecule has 34 heavy (non-hydrogen) atoms. The fourth-order valence-electron chi connectivity index (χ4n) is 7.17. The Morgan fingerprint density at radius 3 is 1.29 bits per heavy atom. The van der Waals surface area contributed by atoms with Gasteiger partial charge in [-0.25, -0.2) is 0 Å². The lowest BCUT2D eigenvalue weighted by molar-refractivity contribution is 1.14. The van der Waals surface area contributed by atoms with Crippen molar-refractivity contribution in [3.8, 4) is 0 Å². The van der Waals surface area contributed by atoms with Crippen LogP contribution in [0.1, 0.15) is 0 Å². The molecule has 0 saturated heterocycles. The molecule has 0 N–H and O–H groups in total. The minimum atomic E-state index is 0.0292. The minimum Gasteiger partial charge on any atom is -0.344 e. The third kappa shape index (κ3) is 1.51. The van der Waals surface area contributed by atoms with E-state index in [0.717, 1.165) is 0 Å². The van der Waals surface area contributed by atoms with Crippen LogP contribution in [0.15, 0.2) is 97.1 Å². The fraction of sp³-hybridized carbons (Fsp3) is 0. The SMILES string of the molecule is c1cc2c3c(cccc3c1)N1B3N2c2cccc4ccc5c6ccc7cccc1c7c6n3c5c24. The maximum Gasteiger partial charge on any atom is 0.519 e. The van der Waals surface area contributed by atoms with Crippen molar-refractivity contribution < 1.29 is 0 Å². The molecule has 6 aromatic carbocycles. The van der Waals surface area contributed by atoms with Gasteiger partial charge in [-0.15, -0.1) is 0 Å². The van der Waals surface area contributed by atoms with Crippen molar-refractivity contribution in [3.05, 3.63) is 97.1 Å². The second-order valence-corrected chi connectivity index (χ2v) is 9.78. The van der Waals surface area contributed by atoms with Crippen molar-refractivity contribution in [2.24, 2.45) is 0 Å². The predicted molar refractivity (Wildman–Crippen MR) is 144 cm³/mol. The Morgan fingerprint density at radius 2 is 0.824 bits per heavy atom. The molecule has 10 rings (SSSR count). The topological polar surface area (TPSA) is 11.4 Å². The Morgan fingerprint density at radius 1 is 0.412 bits per heavy atom. The van der Waals surface area contributed by atoms with Crippen LogP contribution < -0.4 is 9.62 Å². The van der Waals surface area contributed by atoms with Gasteiger partial charge in [0.25, 0.3) is 0 Å². The molecule has 0 aliphatic carbocycles. The van der Waals surface area contributed by atoms with Gasteiger partial charge >= 0.3 is 7.12 Å². The van der Waals surface area contributed by atoms with Gasteiger partial charge in [-0.05, 0) is 40.4 Å². The second kappa shape index (κ2) is 5.05. The van der Waals surface area contributed by atoms with Crippen molar-refractivity contribution in [1.29, 1.82) is 0 Å². The smallest absolute Gasteiger partial charge is 0.344 e. The Balaban J connectivity index is 1.59. The molecule has 0 unspecified atom stereocenters. The van der Waals surface area contributed by atoms with Gasteiger partial charge in [0.2, 0.25) is 0 Å². The van der Waals surface area contributed by atoms with E-state index in [2.05, 4.69) is 111 Å². The van der Waals surface area contributed by atoms with Gasteiger partial charge < -0.3 is 14.1 Å². The molecule has 0 fully saturated rings. The van der Waals surface area contributed by atoms with Crippen molar-refractivity contribution >= 4 is 84.0 Å². The van der Waals surface area contributed by atoms with Gasteiger partial charge in [-0.3, -0.25) is 0 Å². The average molecular weight is 429 g/mol. The molecule has 3 aliphatic rings. The van der Waals surface area contributed by atoms with Gasteiger partial charge in [-0.2, -0.15) is 0 Å². The molecule has 0 bridgehead atoms. The highest BCUT2D eigenvalue weighted by atomic mass is 15.4. The van der Waals surface area contributed by atoms with Crippen molar-refractivity contribution in [1.82, 2.24) is 4.48 Å². The number of nitrogens with zero attached hydrogens (tertiary/aromatic N) is 3. The molecule has 154 valence electrons. The molecular weight excluding hydrogens is 413 g/mol. The molecule has 0 amide bonds. The lowest BCUT2D eigenvalue weighted by atomic mass is 9.73. The van der Waals surface area contributed by atoms with Gasteiger partial charge in [0, 0.05) is 60.7 Å². The van der Waals surface area contributed by atoms with E-state index in [9.17, 15) is 0 Å². The Hall–Kier alpha value is -4.44. The maximum absolute atomic E-state index is 2.63. The van der Waals surface area contributed by atoms with Gasteiger partial charge in [-0.1, -0.05) is 72.8 Å². The zero-order valence-electron chi connectivity index (χ0n) is 18.2. The molecule has 4 heteroatoms.